The molecule has 1 rings (SSSR count). The van der Waals surface area contributed by atoms with Crippen molar-refractivity contribution in [1.29, 1.82) is 0 Å². The molecule has 0 amide bonds. The van der Waals surface area contributed by atoms with Crippen molar-refractivity contribution in [3.05, 3.63) is 35.9 Å². The number of sulfone groups is 1. The van der Waals surface area contributed by atoms with E-state index >= 15 is 0 Å². The van der Waals surface area contributed by atoms with E-state index in [9.17, 15) is 8.42 Å². The minimum Gasteiger partial charge on any atom is -0.229 e. The Morgan fingerprint density at radius 1 is 1.20 bits per heavy atom. The van der Waals surface area contributed by atoms with Gasteiger partial charge < -0.3 is 0 Å². The highest BCUT2D eigenvalue weighted by Gasteiger charge is 2.26. The molecular formula is C12H18O2S. The molecule has 0 saturated carbocycles. The van der Waals surface area contributed by atoms with Crippen LogP contribution in [0.1, 0.15) is 31.7 Å². The van der Waals surface area contributed by atoms with Crippen LogP contribution in [0, 0.1) is 0 Å². The lowest BCUT2D eigenvalue weighted by molar-refractivity contribution is 0.560. The second kappa shape index (κ2) is 4.79. The molecule has 0 bridgehead atoms. The maximum absolute atomic E-state index is 11.6. The van der Waals surface area contributed by atoms with E-state index < -0.39 is 9.84 Å². The summed E-state index contributed by atoms with van der Waals surface area (Å²) in [6.45, 7) is 3.90. The van der Waals surface area contributed by atoms with Gasteiger partial charge in [-0.05, 0) is 17.9 Å². The lowest BCUT2D eigenvalue weighted by atomic mass is 9.96. The van der Waals surface area contributed by atoms with Gasteiger partial charge in [-0.15, -0.1) is 0 Å². The zero-order valence-electron chi connectivity index (χ0n) is 9.47. The summed E-state index contributed by atoms with van der Waals surface area (Å²) in [6, 6.07) is 9.80. The van der Waals surface area contributed by atoms with Crippen LogP contribution in [0.15, 0.2) is 30.3 Å². The molecule has 2 atom stereocenters. The Morgan fingerprint density at radius 2 is 1.73 bits per heavy atom. The molecule has 0 saturated heterocycles. The Bertz CT molecular complexity index is 395. The van der Waals surface area contributed by atoms with Crippen molar-refractivity contribution < 1.29 is 8.42 Å². The van der Waals surface area contributed by atoms with E-state index in [1.165, 1.54) is 6.26 Å². The lowest BCUT2D eigenvalue weighted by Gasteiger charge is -2.21. The van der Waals surface area contributed by atoms with Crippen molar-refractivity contribution in [2.45, 2.75) is 31.4 Å². The van der Waals surface area contributed by atoms with Crippen molar-refractivity contribution in [1.82, 2.24) is 0 Å². The van der Waals surface area contributed by atoms with Gasteiger partial charge >= 0.3 is 0 Å². The Kier molecular flexibility index (Phi) is 3.91. The number of benzene rings is 1. The second-order valence-electron chi connectivity index (χ2n) is 3.98. The van der Waals surface area contributed by atoms with E-state index in [0.717, 1.165) is 5.56 Å². The largest absolute Gasteiger partial charge is 0.229 e. The molecule has 84 valence electrons. The van der Waals surface area contributed by atoms with Crippen molar-refractivity contribution >= 4 is 9.84 Å². The SMILES string of the molecule is CCC(C(C)c1ccccc1)S(C)(=O)=O. The first kappa shape index (κ1) is 12.2. The Balaban J connectivity index is 2.98. The van der Waals surface area contributed by atoms with Gasteiger partial charge in [-0.3, -0.25) is 0 Å². The zero-order valence-corrected chi connectivity index (χ0v) is 10.3. The molecule has 1 aromatic carbocycles. The van der Waals surface area contributed by atoms with Crippen molar-refractivity contribution in [2.24, 2.45) is 0 Å². The van der Waals surface area contributed by atoms with Crippen LogP contribution in [0.2, 0.25) is 0 Å². The van der Waals surface area contributed by atoms with Gasteiger partial charge in [-0.1, -0.05) is 44.2 Å². The summed E-state index contributed by atoms with van der Waals surface area (Å²) >= 11 is 0. The molecule has 0 aliphatic rings. The highest BCUT2D eigenvalue weighted by molar-refractivity contribution is 7.91. The molecule has 2 nitrogen and oxygen atoms in total. The highest BCUT2D eigenvalue weighted by atomic mass is 32.2. The van der Waals surface area contributed by atoms with E-state index in [2.05, 4.69) is 0 Å². The monoisotopic (exact) mass is 226 g/mol. The summed E-state index contributed by atoms with van der Waals surface area (Å²) in [7, 11) is -2.96. The van der Waals surface area contributed by atoms with Crippen LogP contribution in [0.5, 0.6) is 0 Å². The number of hydrogen-bond acceptors (Lipinski definition) is 2. The van der Waals surface area contributed by atoms with Crippen LogP contribution < -0.4 is 0 Å². The van der Waals surface area contributed by atoms with E-state index in [4.69, 9.17) is 0 Å². The van der Waals surface area contributed by atoms with Gasteiger partial charge in [0, 0.05) is 6.26 Å². The summed E-state index contributed by atoms with van der Waals surface area (Å²) in [5.74, 6) is 0.0613. The van der Waals surface area contributed by atoms with E-state index in [1.54, 1.807) is 0 Å². The van der Waals surface area contributed by atoms with Crippen molar-refractivity contribution in [2.75, 3.05) is 6.26 Å². The van der Waals surface area contributed by atoms with E-state index in [0.29, 0.717) is 6.42 Å². The Hall–Kier alpha value is -0.830. The van der Waals surface area contributed by atoms with Gasteiger partial charge in [0.2, 0.25) is 0 Å². The van der Waals surface area contributed by atoms with Crippen LogP contribution in [0.3, 0.4) is 0 Å². The molecule has 15 heavy (non-hydrogen) atoms. The van der Waals surface area contributed by atoms with Gasteiger partial charge in [-0.2, -0.15) is 0 Å². The van der Waals surface area contributed by atoms with Gasteiger partial charge in [-0.25, -0.2) is 8.42 Å². The molecule has 2 unspecified atom stereocenters. The third-order valence-corrected chi connectivity index (χ3v) is 4.68. The third-order valence-electron chi connectivity index (χ3n) is 2.84. The average Bonchev–Trinajstić information content (AvgIpc) is 2.18. The average molecular weight is 226 g/mol. The van der Waals surface area contributed by atoms with Gasteiger partial charge in [0.1, 0.15) is 0 Å². The molecule has 0 radical (unpaired) electrons. The maximum atomic E-state index is 11.6. The lowest BCUT2D eigenvalue weighted by Crippen LogP contribution is -2.25. The first-order valence-electron chi connectivity index (χ1n) is 5.20. The molecule has 0 heterocycles. The standard InChI is InChI=1S/C12H18O2S/c1-4-12(15(3,13)14)10(2)11-8-6-5-7-9-11/h5-10,12H,4H2,1-3H3. The van der Waals surface area contributed by atoms with Gasteiger partial charge in [0.15, 0.2) is 9.84 Å². The van der Waals surface area contributed by atoms with Crippen LogP contribution in [0.4, 0.5) is 0 Å². The highest BCUT2D eigenvalue weighted by Crippen LogP contribution is 2.25. The third kappa shape index (κ3) is 3.06. The van der Waals surface area contributed by atoms with Crippen LogP contribution in [-0.4, -0.2) is 19.9 Å². The minimum atomic E-state index is -2.96. The smallest absolute Gasteiger partial charge is 0.150 e. The maximum Gasteiger partial charge on any atom is 0.150 e. The minimum absolute atomic E-state index is 0.0613. The number of hydrogen-bond donors (Lipinski definition) is 0. The second-order valence-corrected chi connectivity index (χ2v) is 6.24. The zero-order chi connectivity index (χ0) is 11.5. The molecule has 0 aliphatic carbocycles. The van der Waals surface area contributed by atoms with E-state index in [1.807, 2.05) is 44.2 Å². The molecule has 0 spiro atoms. The van der Waals surface area contributed by atoms with Gasteiger partial charge in [0.25, 0.3) is 0 Å². The molecule has 3 heteroatoms. The predicted molar refractivity (Wildman–Crippen MR) is 63.8 cm³/mol. The summed E-state index contributed by atoms with van der Waals surface area (Å²) in [6.07, 6.45) is 1.98. The van der Waals surface area contributed by atoms with Gasteiger partial charge in [0.05, 0.1) is 5.25 Å². The van der Waals surface area contributed by atoms with Crippen molar-refractivity contribution in [3.8, 4) is 0 Å². The van der Waals surface area contributed by atoms with Crippen LogP contribution in [-0.2, 0) is 9.84 Å². The fraction of sp³-hybridized carbons (Fsp3) is 0.500. The first-order chi connectivity index (χ1) is 6.96. The fourth-order valence-electron chi connectivity index (χ4n) is 2.00. The van der Waals surface area contributed by atoms with Crippen LogP contribution in [0.25, 0.3) is 0 Å². The summed E-state index contributed by atoms with van der Waals surface area (Å²) in [5.41, 5.74) is 1.09. The normalized spacial score (nSPS) is 15.9. The molecule has 0 aromatic heterocycles. The molecular weight excluding hydrogens is 208 g/mol. The molecule has 1 aromatic rings. The summed E-state index contributed by atoms with van der Waals surface area (Å²) in [5, 5.41) is -0.278. The molecule has 0 aliphatic heterocycles. The Morgan fingerprint density at radius 3 is 2.13 bits per heavy atom. The molecule has 0 N–H and O–H groups in total. The fourth-order valence-corrected chi connectivity index (χ4v) is 3.50. The first-order valence-corrected chi connectivity index (χ1v) is 7.16. The molecule has 0 fully saturated rings. The van der Waals surface area contributed by atoms with Crippen molar-refractivity contribution in [3.63, 3.8) is 0 Å². The van der Waals surface area contributed by atoms with Crippen LogP contribution >= 0.6 is 0 Å². The van der Waals surface area contributed by atoms with E-state index in [-0.39, 0.29) is 11.2 Å². The predicted octanol–water partition coefficient (Wildman–Crippen LogP) is 2.61. The quantitative estimate of drug-likeness (QED) is 0.791. The summed E-state index contributed by atoms with van der Waals surface area (Å²) < 4.78 is 23.2. The topological polar surface area (TPSA) is 34.1 Å². The number of rotatable bonds is 4. The summed E-state index contributed by atoms with van der Waals surface area (Å²) in [4.78, 5) is 0. The Labute approximate surface area is 92.2 Å².